The molecule has 1 N–H and O–H groups in total. The molecule has 0 aliphatic carbocycles. The van der Waals surface area contributed by atoms with Gasteiger partial charge in [-0.2, -0.15) is 0 Å². The molecule has 142 valence electrons. The van der Waals surface area contributed by atoms with E-state index in [1.54, 1.807) is 35.8 Å². The number of hydrogen-bond donors (Lipinski definition) is 1. The summed E-state index contributed by atoms with van der Waals surface area (Å²) in [6, 6.07) is 13.2. The van der Waals surface area contributed by atoms with Crippen LogP contribution in [0, 0.1) is 0 Å². The fourth-order valence-electron chi connectivity index (χ4n) is 3.92. The first-order chi connectivity index (χ1) is 13.7. The molecule has 5 rings (SSSR count). The van der Waals surface area contributed by atoms with Gasteiger partial charge in [0.05, 0.1) is 27.9 Å². The zero-order valence-corrected chi connectivity index (χ0v) is 16.1. The molecular formula is C22H20N2O3S. The molecule has 3 heterocycles. The van der Waals surface area contributed by atoms with E-state index in [0.717, 1.165) is 42.4 Å². The summed E-state index contributed by atoms with van der Waals surface area (Å²) in [5.41, 5.74) is 2.55. The summed E-state index contributed by atoms with van der Waals surface area (Å²) < 4.78 is 6.71. The van der Waals surface area contributed by atoms with E-state index in [1.165, 1.54) is 9.71 Å². The third-order valence-electron chi connectivity index (χ3n) is 5.49. The van der Waals surface area contributed by atoms with E-state index in [-0.39, 0.29) is 11.7 Å². The van der Waals surface area contributed by atoms with Gasteiger partial charge >= 0.3 is 0 Å². The van der Waals surface area contributed by atoms with Gasteiger partial charge in [0.15, 0.2) is 0 Å². The SMILES string of the molecule is O=C(Cc1coc2cc(O)ccc12)N1CCC(c2nc3ccccc3s2)CC1. The number of carbonyl (C=O) groups is 1. The molecule has 0 unspecified atom stereocenters. The van der Waals surface area contributed by atoms with E-state index in [2.05, 4.69) is 12.1 Å². The monoisotopic (exact) mass is 392 g/mol. The number of likely N-dealkylation sites (tertiary alicyclic amines) is 1. The zero-order chi connectivity index (χ0) is 19.1. The molecule has 1 fully saturated rings. The number of piperidine rings is 1. The van der Waals surface area contributed by atoms with E-state index < -0.39 is 0 Å². The van der Waals surface area contributed by atoms with Gasteiger partial charge in [-0.05, 0) is 37.1 Å². The summed E-state index contributed by atoms with van der Waals surface area (Å²) in [5.74, 6) is 0.717. The molecule has 0 radical (unpaired) electrons. The number of benzene rings is 2. The lowest BCUT2D eigenvalue weighted by atomic mass is 9.97. The topological polar surface area (TPSA) is 66.6 Å². The number of nitrogens with zero attached hydrogens (tertiary/aromatic N) is 2. The molecule has 0 bridgehead atoms. The Bertz CT molecular complexity index is 1120. The van der Waals surface area contributed by atoms with Crippen molar-refractivity contribution in [3.63, 3.8) is 0 Å². The highest BCUT2D eigenvalue weighted by molar-refractivity contribution is 7.18. The molecule has 4 aromatic rings. The summed E-state index contributed by atoms with van der Waals surface area (Å²) in [5, 5.41) is 11.6. The summed E-state index contributed by atoms with van der Waals surface area (Å²) >= 11 is 1.77. The zero-order valence-electron chi connectivity index (χ0n) is 15.3. The van der Waals surface area contributed by atoms with Crippen molar-refractivity contribution >= 4 is 38.4 Å². The average Bonchev–Trinajstić information content (AvgIpc) is 3.32. The minimum atomic E-state index is 0.124. The molecule has 1 aliphatic heterocycles. The van der Waals surface area contributed by atoms with Crippen molar-refractivity contribution in [1.29, 1.82) is 0 Å². The van der Waals surface area contributed by atoms with E-state index in [4.69, 9.17) is 9.40 Å². The number of fused-ring (bicyclic) bond motifs is 2. The van der Waals surface area contributed by atoms with Crippen LogP contribution in [0.5, 0.6) is 5.75 Å². The number of amides is 1. The van der Waals surface area contributed by atoms with E-state index in [9.17, 15) is 9.90 Å². The predicted octanol–water partition coefficient (Wildman–Crippen LogP) is 4.70. The van der Waals surface area contributed by atoms with Gasteiger partial charge in [-0.15, -0.1) is 11.3 Å². The molecule has 0 atom stereocenters. The van der Waals surface area contributed by atoms with Crippen LogP contribution in [0.15, 0.2) is 53.1 Å². The van der Waals surface area contributed by atoms with Gasteiger partial charge in [0.1, 0.15) is 11.3 Å². The minimum absolute atomic E-state index is 0.124. The number of carbonyl (C=O) groups excluding carboxylic acids is 1. The Hall–Kier alpha value is -2.86. The molecule has 1 amide bonds. The smallest absolute Gasteiger partial charge is 0.227 e. The maximum atomic E-state index is 12.8. The van der Waals surface area contributed by atoms with Crippen LogP contribution >= 0.6 is 11.3 Å². The van der Waals surface area contributed by atoms with Crippen LogP contribution in [-0.4, -0.2) is 34.0 Å². The molecule has 2 aromatic carbocycles. The van der Waals surface area contributed by atoms with Gasteiger partial charge < -0.3 is 14.4 Å². The summed E-state index contributed by atoms with van der Waals surface area (Å²) in [4.78, 5) is 19.5. The average molecular weight is 392 g/mol. The lowest BCUT2D eigenvalue weighted by Crippen LogP contribution is -2.38. The molecule has 28 heavy (non-hydrogen) atoms. The van der Waals surface area contributed by atoms with Gasteiger partial charge in [0, 0.05) is 36.0 Å². The van der Waals surface area contributed by atoms with Crippen LogP contribution in [-0.2, 0) is 11.2 Å². The molecule has 6 heteroatoms. The number of phenolic OH excluding ortho intramolecular Hbond substituents is 1. The molecule has 1 aliphatic rings. The highest BCUT2D eigenvalue weighted by Crippen LogP contribution is 2.34. The van der Waals surface area contributed by atoms with Crippen molar-refractivity contribution in [2.75, 3.05) is 13.1 Å². The van der Waals surface area contributed by atoms with Crippen LogP contribution in [0.3, 0.4) is 0 Å². The molecule has 0 saturated carbocycles. The number of hydrogen-bond acceptors (Lipinski definition) is 5. The van der Waals surface area contributed by atoms with Crippen LogP contribution in [0.2, 0.25) is 0 Å². The van der Waals surface area contributed by atoms with E-state index >= 15 is 0 Å². The normalized spacial score (nSPS) is 15.5. The standard InChI is InChI=1S/C22H20N2O3S/c25-16-5-6-17-15(13-27-19(17)12-16)11-21(26)24-9-7-14(8-10-24)22-23-18-3-1-2-4-20(18)28-22/h1-6,12-14,25H,7-11H2. The number of aromatic nitrogens is 1. The molecule has 2 aromatic heterocycles. The van der Waals surface area contributed by atoms with Crippen LogP contribution in [0.1, 0.15) is 29.3 Å². The summed E-state index contributed by atoms with van der Waals surface area (Å²) in [6.07, 6.45) is 3.84. The number of aromatic hydroxyl groups is 1. The van der Waals surface area contributed by atoms with Gasteiger partial charge in [-0.1, -0.05) is 12.1 Å². The number of phenols is 1. The largest absolute Gasteiger partial charge is 0.508 e. The Morgan fingerprint density at radius 1 is 1.21 bits per heavy atom. The maximum Gasteiger partial charge on any atom is 0.227 e. The number of rotatable bonds is 3. The van der Waals surface area contributed by atoms with Gasteiger partial charge in [0.25, 0.3) is 0 Å². The Labute approximate surface area is 166 Å². The Balaban J connectivity index is 1.25. The Morgan fingerprint density at radius 2 is 2.04 bits per heavy atom. The van der Waals surface area contributed by atoms with E-state index in [0.29, 0.717) is 17.9 Å². The van der Waals surface area contributed by atoms with Crippen molar-refractivity contribution in [2.45, 2.75) is 25.2 Å². The Kier molecular flexibility index (Phi) is 4.28. The van der Waals surface area contributed by atoms with Crippen molar-refractivity contribution in [1.82, 2.24) is 9.88 Å². The lowest BCUT2D eigenvalue weighted by Gasteiger charge is -2.31. The summed E-state index contributed by atoms with van der Waals surface area (Å²) in [7, 11) is 0. The van der Waals surface area contributed by atoms with Gasteiger partial charge in [0.2, 0.25) is 5.91 Å². The second-order valence-corrected chi connectivity index (χ2v) is 8.36. The number of thiazole rings is 1. The fraction of sp³-hybridized carbons (Fsp3) is 0.273. The highest BCUT2D eigenvalue weighted by atomic mass is 32.1. The van der Waals surface area contributed by atoms with Crippen molar-refractivity contribution < 1.29 is 14.3 Å². The lowest BCUT2D eigenvalue weighted by molar-refractivity contribution is -0.131. The van der Waals surface area contributed by atoms with Crippen LogP contribution in [0.25, 0.3) is 21.2 Å². The third-order valence-corrected chi connectivity index (χ3v) is 6.69. The first-order valence-corrected chi connectivity index (χ1v) is 10.3. The molecular weight excluding hydrogens is 372 g/mol. The maximum absolute atomic E-state index is 12.8. The molecule has 1 saturated heterocycles. The van der Waals surface area contributed by atoms with Crippen molar-refractivity contribution in [3.05, 3.63) is 59.3 Å². The summed E-state index contributed by atoms with van der Waals surface area (Å²) in [6.45, 7) is 1.52. The number of para-hydroxylation sites is 1. The van der Waals surface area contributed by atoms with E-state index in [1.807, 2.05) is 17.0 Å². The van der Waals surface area contributed by atoms with Crippen molar-refractivity contribution in [3.8, 4) is 5.75 Å². The second-order valence-electron chi connectivity index (χ2n) is 7.29. The van der Waals surface area contributed by atoms with Crippen LogP contribution in [0.4, 0.5) is 0 Å². The van der Waals surface area contributed by atoms with Crippen LogP contribution < -0.4 is 0 Å². The fourth-order valence-corrected chi connectivity index (χ4v) is 5.06. The minimum Gasteiger partial charge on any atom is -0.508 e. The molecule has 0 spiro atoms. The predicted molar refractivity (Wildman–Crippen MR) is 110 cm³/mol. The van der Waals surface area contributed by atoms with Gasteiger partial charge in [-0.3, -0.25) is 4.79 Å². The quantitative estimate of drug-likeness (QED) is 0.549. The number of furan rings is 1. The first kappa shape index (κ1) is 17.3. The Morgan fingerprint density at radius 3 is 2.86 bits per heavy atom. The van der Waals surface area contributed by atoms with Gasteiger partial charge in [-0.25, -0.2) is 4.98 Å². The second kappa shape index (κ2) is 6.95. The first-order valence-electron chi connectivity index (χ1n) is 9.50. The molecule has 5 nitrogen and oxygen atoms in total. The third kappa shape index (κ3) is 3.14. The highest BCUT2D eigenvalue weighted by Gasteiger charge is 2.26. The van der Waals surface area contributed by atoms with Crippen molar-refractivity contribution in [2.24, 2.45) is 0 Å².